The number of alkyl halides is 3. The normalized spacial score (nSPS) is 20.4. The molecule has 0 N–H and O–H groups in total. The van der Waals surface area contributed by atoms with Gasteiger partial charge >= 0.3 is 15.6 Å². The Morgan fingerprint density at radius 3 is 2.43 bits per heavy atom. The van der Waals surface area contributed by atoms with Crippen molar-refractivity contribution in [2.24, 2.45) is 5.41 Å². The molecule has 0 fully saturated rings. The topological polar surface area (TPSA) is 60.4 Å². The molecule has 1 aliphatic rings. The first-order valence-electron chi connectivity index (χ1n) is 8.14. The molecule has 0 spiro atoms. The van der Waals surface area contributed by atoms with E-state index in [1.165, 1.54) is 0 Å². The van der Waals surface area contributed by atoms with Gasteiger partial charge in [0.15, 0.2) is 11.5 Å². The summed E-state index contributed by atoms with van der Waals surface area (Å²) in [6.45, 7) is 3.54. The number of carbonyl (C=O) groups excluding carboxylic acids is 1. The van der Waals surface area contributed by atoms with Crippen LogP contribution in [0.2, 0.25) is 10.0 Å². The van der Waals surface area contributed by atoms with Gasteiger partial charge in [-0.25, -0.2) is 0 Å². The van der Waals surface area contributed by atoms with E-state index in [1.807, 2.05) is 6.92 Å². The molecule has 4 nitrogen and oxygen atoms in total. The van der Waals surface area contributed by atoms with Crippen molar-refractivity contribution in [1.29, 1.82) is 0 Å². The van der Waals surface area contributed by atoms with Gasteiger partial charge in [0.1, 0.15) is 5.02 Å². The predicted octanol–water partition coefficient (Wildman–Crippen LogP) is 6.28. The molecule has 28 heavy (non-hydrogen) atoms. The molecule has 1 atom stereocenters. The van der Waals surface area contributed by atoms with Crippen LogP contribution in [0.5, 0.6) is 5.75 Å². The molecular weight excluding hydrogens is 464 g/mol. The number of Topliss-reactive ketones (excluding diaryl/α,β-unsaturated/α-hetero) is 1. The van der Waals surface area contributed by atoms with Crippen LogP contribution in [0.3, 0.4) is 0 Å². The molecule has 0 aromatic heterocycles. The minimum Gasteiger partial charge on any atom is -0.374 e. The molecule has 0 saturated carbocycles. The highest BCUT2D eigenvalue weighted by Crippen LogP contribution is 2.50. The zero-order valence-corrected chi connectivity index (χ0v) is 17.9. The lowest BCUT2D eigenvalue weighted by atomic mass is 9.76. The lowest BCUT2D eigenvalue weighted by molar-refractivity contribution is -0.0500. The molecule has 0 aliphatic heterocycles. The maximum absolute atomic E-state index is 13.1. The van der Waals surface area contributed by atoms with E-state index in [-0.39, 0.29) is 28.4 Å². The van der Waals surface area contributed by atoms with Gasteiger partial charge in [0.05, 0.1) is 5.02 Å². The molecule has 1 aromatic carbocycles. The zero-order valence-electron chi connectivity index (χ0n) is 14.8. The highest BCUT2D eigenvalue weighted by molar-refractivity contribution is 7.88. The smallest absolute Gasteiger partial charge is 0.374 e. The molecule has 0 bridgehead atoms. The lowest BCUT2D eigenvalue weighted by Gasteiger charge is -2.25. The summed E-state index contributed by atoms with van der Waals surface area (Å²) in [4.78, 5) is 13.1. The van der Waals surface area contributed by atoms with Crippen LogP contribution in [-0.4, -0.2) is 19.7 Å². The van der Waals surface area contributed by atoms with Gasteiger partial charge in [-0.2, -0.15) is 21.6 Å². The molecule has 11 heteroatoms. The number of carbonyl (C=O) groups is 1. The summed E-state index contributed by atoms with van der Waals surface area (Å²) < 4.78 is 64.7. The Morgan fingerprint density at radius 1 is 1.32 bits per heavy atom. The van der Waals surface area contributed by atoms with Crippen LogP contribution in [0.15, 0.2) is 17.2 Å². The number of benzene rings is 1. The monoisotopic (exact) mass is 478 g/mol. The van der Waals surface area contributed by atoms with Crippen LogP contribution < -0.4 is 4.18 Å². The summed E-state index contributed by atoms with van der Waals surface area (Å²) in [6, 6.07) is 1.03. The van der Waals surface area contributed by atoms with E-state index in [0.29, 0.717) is 24.3 Å². The van der Waals surface area contributed by atoms with E-state index in [2.05, 4.69) is 4.18 Å². The molecule has 1 aliphatic carbocycles. The first-order valence-corrected chi connectivity index (χ1v) is 10.7. The predicted molar refractivity (Wildman–Crippen MR) is 102 cm³/mol. The third-order valence-corrected chi connectivity index (χ3v) is 6.45. The third-order valence-electron chi connectivity index (χ3n) is 4.48. The van der Waals surface area contributed by atoms with Crippen molar-refractivity contribution in [2.45, 2.75) is 45.0 Å². The van der Waals surface area contributed by atoms with Gasteiger partial charge in [-0.15, -0.1) is 0 Å². The number of ketones is 1. The van der Waals surface area contributed by atoms with Crippen LogP contribution in [0.25, 0.3) is 0 Å². The molecule has 1 aromatic rings. The van der Waals surface area contributed by atoms with Crippen molar-refractivity contribution >= 4 is 50.7 Å². The first-order chi connectivity index (χ1) is 12.8. The summed E-state index contributed by atoms with van der Waals surface area (Å²) in [7, 11) is -5.94. The Hall–Kier alpha value is -0.960. The van der Waals surface area contributed by atoms with Gasteiger partial charge in [0.2, 0.25) is 0 Å². The Labute approximate surface area is 175 Å². The second kappa shape index (κ2) is 8.05. The van der Waals surface area contributed by atoms with Crippen LogP contribution in [0.4, 0.5) is 13.2 Å². The molecular formula is C17H16Cl3F3O4S. The van der Waals surface area contributed by atoms with Crippen molar-refractivity contribution in [1.82, 2.24) is 0 Å². The van der Waals surface area contributed by atoms with Crippen LogP contribution in [-0.2, 0) is 16.5 Å². The summed E-state index contributed by atoms with van der Waals surface area (Å²) >= 11 is 17.9. The highest BCUT2D eigenvalue weighted by Gasteiger charge is 2.50. The maximum atomic E-state index is 13.1. The van der Waals surface area contributed by atoms with Gasteiger partial charge < -0.3 is 4.18 Å². The van der Waals surface area contributed by atoms with Gasteiger partial charge in [-0.1, -0.05) is 54.2 Å². The number of fused-ring (bicyclic) bond motifs is 1. The summed E-state index contributed by atoms with van der Waals surface area (Å²) in [5.74, 6) is -1.08. The molecule has 0 saturated heterocycles. The quantitative estimate of drug-likeness (QED) is 0.356. The zero-order chi connectivity index (χ0) is 21.5. The van der Waals surface area contributed by atoms with E-state index in [9.17, 15) is 26.4 Å². The number of allylic oxidation sites excluding steroid dienone is 2. The van der Waals surface area contributed by atoms with E-state index in [1.54, 1.807) is 13.0 Å². The first kappa shape index (κ1) is 23.3. The lowest BCUT2D eigenvalue weighted by Crippen LogP contribution is -2.28. The van der Waals surface area contributed by atoms with Crippen LogP contribution >= 0.6 is 34.8 Å². The second-order valence-electron chi connectivity index (χ2n) is 6.55. The van der Waals surface area contributed by atoms with Crippen molar-refractivity contribution < 1.29 is 30.6 Å². The standard InChI is InChI=1S/C17H16Cl3F3O4S/c1-3-5-16(6-4-9(2)18)8-10-7-11(27-28(25,26)17(21,22)23)13(19)14(20)12(10)15(16)24/h4,7H,3,5-6,8H2,1-2H3/b9-4-. The minimum absolute atomic E-state index is 0.0671. The van der Waals surface area contributed by atoms with E-state index >= 15 is 0 Å². The fraction of sp³-hybridized carbons (Fsp3) is 0.471. The molecule has 0 heterocycles. The Bertz CT molecular complexity index is 938. The fourth-order valence-electron chi connectivity index (χ4n) is 3.26. The third kappa shape index (κ3) is 4.30. The van der Waals surface area contributed by atoms with E-state index < -0.39 is 31.8 Å². The number of hydrogen-bond acceptors (Lipinski definition) is 4. The summed E-state index contributed by atoms with van der Waals surface area (Å²) in [6.07, 6.45) is 3.27. The molecule has 156 valence electrons. The minimum atomic E-state index is -5.94. The Kier molecular flexibility index (Phi) is 6.70. The van der Waals surface area contributed by atoms with Crippen LogP contribution in [0.1, 0.15) is 49.0 Å². The highest BCUT2D eigenvalue weighted by atomic mass is 35.5. The Balaban J connectivity index is 2.55. The average Bonchev–Trinajstić information content (AvgIpc) is 2.82. The van der Waals surface area contributed by atoms with Crippen molar-refractivity contribution in [3.05, 3.63) is 38.3 Å². The van der Waals surface area contributed by atoms with Gasteiger partial charge in [-0.05, 0) is 37.8 Å². The van der Waals surface area contributed by atoms with Gasteiger partial charge in [0.25, 0.3) is 0 Å². The largest absolute Gasteiger partial charge is 0.534 e. The van der Waals surface area contributed by atoms with Gasteiger partial charge in [0, 0.05) is 16.0 Å². The van der Waals surface area contributed by atoms with E-state index in [4.69, 9.17) is 34.8 Å². The summed E-state index contributed by atoms with van der Waals surface area (Å²) in [5, 5.41) is -0.414. The number of hydrogen-bond donors (Lipinski definition) is 0. The van der Waals surface area contributed by atoms with E-state index in [0.717, 1.165) is 6.07 Å². The van der Waals surface area contributed by atoms with Crippen molar-refractivity contribution in [3.63, 3.8) is 0 Å². The molecule has 2 rings (SSSR count). The molecule has 1 unspecified atom stereocenters. The van der Waals surface area contributed by atoms with Crippen molar-refractivity contribution in [2.75, 3.05) is 0 Å². The number of rotatable bonds is 6. The summed E-state index contributed by atoms with van der Waals surface area (Å²) in [5.41, 5.74) is -6.17. The maximum Gasteiger partial charge on any atom is 0.534 e. The fourth-order valence-corrected chi connectivity index (χ4v) is 4.33. The molecule has 0 radical (unpaired) electrons. The van der Waals surface area contributed by atoms with Crippen LogP contribution in [0, 0.1) is 5.41 Å². The molecule has 0 amide bonds. The van der Waals surface area contributed by atoms with Gasteiger partial charge in [-0.3, -0.25) is 4.79 Å². The Morgan fingerprint density at radius 2 is 1.93 bits per heavy atom. The average molecular weight is 480 g/mol. The SMILES string of the molecule is CCCC1(C/C=C(/C)Cl)Cc2cc(OS(=O)(=O)C(F)(F)F)c(Cl)c(Cl)c2C1=O. The number of halogens is 6. The van der Waals surface area contributed by atoms with Crippen molar-refractivity contribution in [3.8, 4) is 5.75 Å². The second-order valence-corrected chi connectivity index (χ2v) is 9.44.